The van der Waals surface area contributed by atoms with Gasteiger partial charge in [-0.1, -0.05) is 19.1 Å². The van der Waals surface area contributed by atoms with Crippen molar-refractivity contribution in [1.82, 2.24) is 0 Å². The standard InChI is InChI=1S/C20H24O7/c1-8-4-12(21)16(24)18(3)10(8)5-13-19-7-26-20(25,17(18)19)15(23)9(2)11(19)6-14(22)27-13/h4,10-11,13,15-17,23-25H,2,5-7H2,1,3H3/t10-,11-,13+,15+,16-,17+,18-,19-,20+/m0/s1. The first-order valence-corrected chi connectivity index (χ1v) is 9.41. The number of aliphatic hydroxyl groups excluding tert-OH is 2. The van der Waals surface area contributed by atoms with E-state index in [2.05, 4.69) is 6.58 Å². The summed E-state index contributed by atoms with van der Waals surface area (Å²) in [5, 5.41) is 33.3. The summed E-state index contributed by atoms with van der Waals surface area (Å²) in [6.45, 7) is 7.64. The van der Waals surface area contributed by atoms with Crippen LogP contribution >= 0.6 is 0 Å². The van der Waals surface area contributed by atoms with E-state index in [0.29, 0.717) is 12.0 Å². The summed E-state index contributed by atoms with van der Waals surface area (Å²) in [6, 6.07) is 0. The van der Waals surface area contributed by atoms with Gasteiger partial charge in [-0.3, -0.25) is 9.59 Å². The summed E-state index contributed by atoms with van der Waals surface area (Å²) in [5.41, 5.74) is -0.730. The van der Waals surface area contributed by atoms with Crippen molar-refractivity contribution in [3.8, 4) is 0 Å². The summed E-state index contributed by atoms with van der Waals surface area (Å²) >= 11 is 0. The molecule has 3 N–H and O–H groups in total. The fourth-order valence-electron chi connectivity index (χ4n) is 7.14. The van der Waals surface area contributed by atoms with Crippen LogP contribution in [0.1, 0.15) is 26.7 Å². The molecule has 2 saturated heterocycles. The molecule has 27 heavy (non-hydrogen) atoms. The monoisotopic (exact) mass is 376 g/mol. The lowest BCUT2D eigenvalue weighted by Gasteiger charge is -2.66. The van der Waals surface area contributed by atoms with Crippen LogP contribution in [-0.2, 0) is 19.1 Å². The van der Waals surface area contributed by atoms with Crippen LogP contribution in [0.25, 0.3) is 0 Å². The Hall–Kier alpha value is -1.54. The molecule has 0 amide bonds. The molecule has 0 unspecified atom stereocenters. The number of hydrogen-bond acceptors (Lipinski definition) is 7. The predicted molar refractivity (Wildman–Crippen MR) is 90.9 cm³/mol. The highest BCUT2D eigenvalue weighted by molar-refractivity contribution is 5.96. The zero-order valence-corrected chi connectivity index (χ0v) is 15.3. The molecule has 2 saturated carbocycles. The van der Waals surface area contributed by atoms with E-state index in [9.17, 15) is 24.9 Å². The predicted octanol–water partition coefficient (Wildman–Crippen LogP) is 0.0863. The van der Waals surface area contributed by atoms with Gasteiger partial charge in [-0.15, -0.1) is 0 Å². The Morgan fingerprint density at radius 3 is 2.63 bits per heavy atom. The first kappa shape index (κ1) is 17.6. The molecule has 9 atom stereocenters. The van der Waals surface area contributed by atoms with Crippen molar-refractivity contribution in [3.05, 3.63) is 23.8 Å². The molecule has 0 radical (unpaired) electrons. The van der Waals surface area contributed by atoms with E-state index in [1.54, 1.807) is 6.92 Å². The number of esters is 1. The number of carbonyl (C=O) groups excluding carboxylic acids is 2. The second-order valence-electron chi connectivity index (χ2n) is 9.15. The number of carbonyl (C=O) groups is 2. The van der Waals surface area contributed by atoms with Crippen molar-refractivity contribution in [2.24, 2.45) is 28.6 Å². The van der Waals surface area contributed by atoms with Crippen LogP contribution in [0.15, 0.2) is 23.8 Å². The Kier molecular flexibility index (Phi) is 3.18. The minimum Gasteiger partial charge on any atom is -0.462 e. The maximum atomic E-state index is 12.5. The summed E-state index contributed by atoms with van der Waals surface area (Å²) in [6.07, 6.45) is -1.36. The highest BCUT2D eigenvalue weighted by atomic mass is 16.6. The van der Waals surface area contributed by atoms with Crippen LogP contribution in [-0.4, -0.2) is 57.8 Å². The van der Waals surface area contributed by atoms with E-state index in [0.717, 1.165) is 5.57 Å². The van der Waals surface area contributed by atoms with Crippen molar-refractivity contribution in [3.63, 3.8) is 0 Å². The Labute approximate surface area is 156 Å². The smallest absolute Gasteiger partial charge is 0.306 e. The fourth-order valence-corrected chi connectivity index (χ4v) is 7.14. The largest absolute Gasteiger partial charge is 0.462 e. The summed E-state index contributed by atoms with van der Waals surface area (Å²) in [4.78, 5) is 24.8. The summed E-state index contributed by atoms with van der Waals surface area (Å²) in [7, 11) is 0. The van der Waals surface area contributed by atoms with Crippen molar-refractivity contribution >= 4 is 11.8 Å². The van der Waals surface area contributed by atoms with E-state index in [1.165, 1.54) is 6.08 Å². The van der Waals surface area contributed by atoms with Gasteiger partial charge in [0.25, 0.3) is 0 Å². The van der Waals surface area contributed by atoms with Crippen LogP contribution in [0.3, 0.4) is 0 Å². The minimum absolute atomic E-state index is 0.0436. The van der Waals surface area contributed by atoms with E-state index in [-0.39, 0.29) is 24.9 Å². The third-order valence-electron chi connectivity index (χ3n) is 8.19. The van der Waals surface area contributed by atoms with Crippen molar-refractivity contribution in [2.75, 3.05) is 6.61 Å². The Balaban J connectivity index is 1.79. The van der Waals surface area contributed by atoms with E-state index < -0.39 is 52.5 Å². The molecule has 7 nitrogen and oxygen atoms in total. The first-order chi connectivity index (χ1) is 12.6. The van der Waals surface area contributed by atoms with Crippen LogP contribution in [0, 0.1) is 28.6 Å². The Morgan fingerprint density at radius 1 is 1.22 bits per heavy atom. The fraction of sp³-hybridized carbons (Fsp3) is 0.700. The number of aliphatic hydroxyl groups is 3. The normalized spacial score (nSPS) is 56.2. The molecule has 7 heteroatoms. The van der Waals surface area contributed by atoms with Crippen LogP contribution < -0.4 is 0 Å². The van der Waals surface area contributed by atoms with Gasteiger partial charge in [0, 0.05) is 22.7 Å². The first-order valence-electron chi connectivity index (χ1n) is 9.41. The minimum atomic E-state index is -1.98. The molecule has 5 aliphatic rings. The van der Waals surface area contributed by atoms with Crippen LogP contribution in [0.4, 0.5) is 0 Å². The van der Waals surface area contributed by atoms with E-state index in [4.69, 9.17) is 9.47 Å². The topological polar surface area (TPSA) is 113 Å². The molecule has 146 valence electrons. The van der Waals surface area contributed by atoms with E-state index >= 15 is 0 Å². The maximum Gasteiger partial charge on any atom is 0.306 e. The molecule has 1 spiro atoms. The third kappa shape index (κ3) is 1.69. The van der Waals surface area contributed by atoms with Gasteiger partial charge < -0.3 is 24.8 Å². The van der Waals surface area contributed by atoms with Gasteiger partial charge >= 0.3 is 5.97 Å². The number of rotatable bonds is 0. The lowest BCUT2D eigenvalue weighted by atomic mass is 9.39. The lowest BCUT2D eigenvalue weighted by molar-refractivity contribution is -0.305. The highest BCUT2D eigenvalue weighted by Crippen LogP contribution is 2.73. The zero-order chi connectivity index (χ0) is 19.5. The number of hydrogen-bond donors (Lipinski definition) is 3. The average Bonchev–Trinajstić information content (AvgIpc) is 2.90. The second-order valence-corrected chi connectivity index (χ2v) is 9.15. The number of ether oxygens (including phenoxy) is 2. The molecule has 3 aliphatic carbocycles. The van der Waals surface area contributed by atoms with Gasteiger partial charge in [-0.2, -0.15) is 0 Å². The summed E-state index contributed by atoms with van der Waals surface area (Å²) in [5.74, 6) is -4.25. The molecule has 2 aliphatic heterocycles. The Bertz CT molecular complexity index is 817. The molecule has 0 aromatic rings. The van der Waals surface area contributed by atoms with Crippen molar-refractivity contribution in [1.29, 1.82) is 0 Å². The number of allylic oxidation sites excluding steroid dienone is 1. The SMILES string of the molecule is C=C1[C@@H](O)[C@@]2(O)OC[C@@]34[C@H]2[C@]2(C)[C@@H](O)C(=O)C=C(C)[C@@H]2C[C@H]3OC(=O)C[C@@H]14. The maximum absolute atomic E-state index is 12.5. The van der Waals surface area contributed by atoms with E-state index in [1.807, 2.05) is 6.92 Å². The van der Waals surface area contributed by atoms with Gasteiger partial charge in [-0.25, -0.2) is 0 Å². The molecular weight excluding hydrogens is 352 g/mol. The zero-order valence-electron chi connectivity index (χ0n) is 15.3. The number of ketones is 1. The third-order valence-corrected chi connectivity index (χ3v) is 8.19. The highest BCUT2D eigenvalue weighted by Gasteiger charge is 2.81. The van der Waals surface area contributed by atoms with Gasteiger partial charge in [0.05, 0.1) is 13.0 Å². The van der Waals surface area contributed by atoms with Gasteiger partial charge in [0.15, 0.2) is 11.6 Å². The molecule has 2 heterocycles. The average molecular weight is 376 g/mol. The molecule has 4 fully saturated rings. The van der Waals surface area contributed by atoms with Crippen LogP contribution in [0.5, 0.6) is 0 Å². The number of fused-ring (bicyclic) bond motifs is 1. The van der Waals surface area contributed by atoms with Crippen molar-refractivity contribution in [2.45, 2.75) is 50.8 Å². The Morgan fingerprint density at radius 2 is 1.93 bits per heavy atom. The molecular formula is C20H24O7. The van der Waals surface area contributed by atoms with Gasteiger partial charge in [-0.05, 0) is 30.9 Å². The molecule has 0 aromatic carbocycles. The quantitative estimate of drug-likeness (QED) is 0.405. The van der Waals surface area contributed by atoms with Crippen LogP contribution in [0.2, 0.25) is 0 Å². The summed E-state index contributed by atoms with van der Waals surface area (Å²) < 4.78 is 11.5. The second kappa shape index (κ2) is 4.89. The lowest BCUT2D eigenvalue weighted by Crippen LogP contribution is -2.74. The molecule has 5 rings (SSSR count). The molecule has 2 bridgehead atoms. The van der Waals surface area contributed by atoms with Crippen molar-refractivity contribution < 1.29 is 34.4 Å². The van der Waals surface area contributed by atoms with Gasteiger partial charge in [0.2, 0.25) is 0 Å². The van der Waals surface area contributed by atoms with Gasteiger partial charge in [0.1, 0.15) is 18.3 Å². The molecule has 0 aromatic heterocycles.